The van der Waals surface area contributed by atoms with Crippen LogP contribution >= 0.6 is 24.0 Å². The minimum Gasteiger partial charge on any atom is -0.356 e. The molecule has 0 bridgehead atoms. The smallest absolute Gasteiger partial charge is 0.221 e. The molecular formula is C20H40IN5O. The lowest BCUT2D eigenvalue weighted by Crippen LogP contribution is -2.59. The van der Waals surface area contributed by atoms with Crippen molar-refractivity contribution in [2.45, 2.75) is 83.2 Å². The number of nitrogens with zero attached hydrogens (tertiary/aromatic N) is 2. The zero-order valence-electron chi connectivity index (χ0n) is 17.5. The van der Waals surface area contributed by atoms with Gasteiger partial charge in [-0.05, 0) is 52.6 Å². The van der Waals surface area contributed by atoms with Gasteiger partial charge in [-0.25, -0.2) is 0 Å². The Morgan fingerprint density at radius 1 is 1.04 bits per heavy atom. The summed E-state index contributed by atoms with van der Waals surface area (Å²) in [4.78, 5) is 18.9. The van der Waals surface area contributed by atoms with Gasteiger partial charge in [-0.3, -0.25) is 14.7 Å². The number of hydrogen-bond acceptors (Lipinski definition) is 3. The summed E-state index contributed by atoms with van der Waals surface area (Å²) in [6, 6.07) is 0.190. The van der Waals surface area contributed by atoms with Gasteiger partial charge in [0.05, 0.1) is 0 Å². The summed E-state index contributed by atoms with van der Waals surface area (Å²) < 4.78 is 0. The minimum absolute atomic E-state index is 0. The molecular weight excluding hydrogens is 453 g/mol. The maximum atomic E-state index is 11.8. The van der Waals surface area contributed by atoms with Crippen LogP contribution in [0.2, 0.25) is 0 Å². The number of carbonyl (C=O) groups is 1. The Morgan fingerprint density at radius 2 is 1.67 bits per heavy atom. The second kappa shape index (κ2) is 12.8. The lowest BCUT2D eigenvalue weighted by atomic mass is 9.79. The van der Waals surface area contributed by atoms with E-state index in [1.54, 1.807) is 7.05 Å². The Bertz CT molecular complexity index is 457. The zero-order valence-corrected chi connectivity index (χ0v) is 19.8. The number of halogens is 1. The second-order valence-corrected chi connectivity index (χ2v) is 8.16. The molecule has 1 saturated heterocycles. The van der Waals surface area contributed by atoms with Crippen molar-refractivity contribution in [3.05, 3.63) is 0 Å². The number of aliphatic imine (C=N–C) groups is 1. The predicted octanol–water partition coefficient (Wildman–Crippen LogP) is 2.87. The van der Waals surface area contributed by atoms with E-state index in [-0.39, 0.29) is 41.5 Å². The number of likely N-dealkylation sites (tertiary alicyclic amines) is 1. The van der Waals surface area contributed by atoms with Crippen molar-refractivity contribution in [1.29, 1.82) is 0 Å². The highest BCUT2D eigenvalue weighted by molar-refractivity contribution is 14.0. The molecule has 2 aliphatic rings. The summed E-state index contributed by atoms with van der Waals surface area (Å²) in [7, 11) is 1.80. The third-order valence-electron chi connectivity index (χ3n) is 5.71. The van der Waals surface area contributed by atoms with Crippen LogP contribution < -0.4 is 16.0 Å². The third-order valence-corrected chi connectivity index (χ3v) is 5.71. The van der Waals surface area contributed by atoms with Crippen molar-refractivity contribution < 1.29 is 4.79 Å². The number of hydrogen-bond donors (Lipinski definition) is 3. The number of piperidine rings is 1. The first-order valence-electron chi connectivity index (χ1n) is 10.5. The summed E-state index contributed by atoms with van der Waals surface area (Å²) >= 11 is 0. The van der Waals surface area contributed by atoms with Gasteiger partial charge in [0.1, 0.15) is 0 Å². The Balaban J connectivity index is 0.00000364. The first kappa shape index (κ1) is 24.5. The molecule has 0 aromatic rings. The first-order chi connectivity index (χ1) is 12.6. The van der Waals surface area contributed by atoms with Gasteiger partial charge in [-0.2, -0.15) is 0 Å². The molecule has 7 heteroatoms. The summed E-state index contributed by atoms with van der Waals surface area (Å²) in [5.74, 6) is 0.893. The summed E-state index contributed by atoms with van der Waals surface area (Å²) in [6.07, 6.45) is 11.1. The van der Waals surface area contributed by atoms with E-state index < -0.39 is 0 Å². The monoisotopic (exact) mass is 493 g/mol. The van der Waals surface area contributed by atoms with Crippen LogP contribution in [0.25, 0.3) is 0 Å². The molecule has 1 heterocycles. The average Bonchev–Trinajstić information content (AvgIpc) is 2.65. The third kappa shape index (κ3) is 8.13. The Hall–Kier alpha value is -0.570. The van der Waals surface area contributed by atoms with Gasteiger partial charge in [0.15, 0.2) is 5.96 Å². The Labute approximate surface area is 182 Å². The first-order valence-corrected chi connectivity index (χ1v) is 10.5. The van der Waals surface area contributed by atoms with E-state index in [0.29, 0.717) is 13.0 Å². The molecule has 0 radical (unpaired) electrons. The fraction of sp³-hybridized carbons (Fsp3) is 0.900. The highest BCUT2D eigenvalue weighted by Gasteiger charge is 2.38. The summed E-state index contributed by atoms with van der Waals surface area (Å²) in [6.45, 7) is 8.00. The maximum absolute atomic E-state index is 11.8. The van der Waals surface area contributed by atoms with Gasteiger partial charge < -0.3 is 16.0 Å². The van der Waals surface area contributed by atoms with E-state index in [1.807, 2.05) is 13.8 Å². The van der Waals surface area contributed by atoms with Crippen LogP contribution in [0.15, 0.2) is 4.99 Å². The lowest BCUT2D eigenvalue weighted by molar-refractivity contribution is -0.121. The second-order valence-electron chi connectivity index (χ2n) is 8.16. The average molecular weight is 493 g/mol. The predicted molar refractivity (Wildman–Crippen MR) is 124 cm³/mol. The van der Waals surface area contributed by atoms with Crippen LogP contribution in [0.5, 0.6) is 0 Å². The van der Waals surface area contributed by atoms with E-state index in [4.69, 9.17) is 0 Å². The molecule has 0 aromatic carbocycles. The zero-order chi connectivity index (χ0) is 18.8. The van der Waals surface area contributed by atoms with Gasteiger partial charge in [0.2, 0.25) is 5.91 Å². The van der Waals surface area contributed by atoms with E-state index in [0.717, 1.165) is 12.5 Å². The van der Waals surface area contributed by atoms with Gasteiger partial charge in [0.25, 0.3) is 0 Å². The number of nitrogens with one attached hydrogen (secondary N) is 3. The largest absolute Gasteiger partial charge is 0.356 e. The fourth-order valence-corrected chi connectivity index (χ4v) is 4.34. The van der Waals surface area contributed by atoms with E-state index in [1.165, 1.54) is 64.5 Å². The molecule has 0 unspecified atom stereocenters. The number of guanidine groups is 1. The van der Waals surface area contributed by atoms with Crippen LogP contribution in [-0.4, -0.2) is 61.6 Å². The van der Waals surface area contributed by atoms with Gasteiger partial charge >= 0.3 is 0 Å². The minimum atomic E-state index is 0. The van der Waals surface area contributed by atoms with Crippen molar-refractivity contribution in [3.8, 4) is 0 Å². The normalized spacial score (nSPS) is 20.7. The van der Waals surface area contributed by atoms with Crippen molar-refractivity contribution in [1.82, 2.24) is 20.9 Å². The SMILES string of the molecule is CN=C(NCCC(=O)NC(C)C)NCC1(N2CCCCC2)CCCCC1.I. The molecule has 2 fully saturated rings. The van der Waals surface area contributed by atoms with Crippen LogP contribution in [-0.2, 0) is 4.79 Å². The summed E-state index contributed by atoms with van der Waals surface area (Å²) in [5, 5.41) is 9.77. The molecule has 1 saturated carbocycles. The molecule has 0 atom stereocenters. The molecule has 0 spiro atoms. The van der Waals surface area contributed by atoms with E-state index in [9.17, 15) is 4.79 Å². The molecule has 158 valence electrons. The van der Waals surface area contributed by atoms with Crippen molar-refractivity contribution >= 4 is 35.8 Å². The van der Waals surface area contributed by atoms with Crippen LogP contribution in [0.4, 0.5) is 0 Å². The van der Waals surface area contributed by atoms with Crippen LogP contribution in [0, 0.1) is 0 Å². The van der Waals surface area contributed by atoms with Crippen LogP contribution in [0.1, 0.15) is 71.6 Å². The number of amides is 1. The van der Waals surface area contributed by atoms with E-state index >= 15 is 0 Å². The van der Waals surface area contributed by atoms with Crippen molar-refractivity contribution in [2.75, 3.05) is 33.2 Å². The van der Waals surface area contributed by atoms with Crippen molar-refractivity contribution in [2.24, 2.45) is 4.99 Å². The van der Waals surface area contributed by atoms with Gasteiger partial charge in [-0.1, -0.05) is 25.7 Å². The molecule has 1 aliphatic heterocycles. The molecule has 6 nitrogen and oxygen atoms in total. The summed E-state index contributed by atoms with van der Waals surface area (Å²) in [5.41, 5.74) is 0.283. The molecule has 1 aliphatic carbocycles. The lowest BCUT2D eigenvalue weighted by Gasteiger charge is -2.48. The van der Waals surface area contributed by atoms with Crippen LogP contribution in [0.3, 0.4) is 0 Å². The van der Waals surface area contributed by atoms with Gasteiger partial charge in [0, 0.05) is 38.1 Å². The quantitative estimate of drug-likeness (QED) is 0.290. The standard InChI is InChI=1S/C20H39N5O.HI/c1-17(2)24-18(26)10-13-22-19(21-3)23-16-20(11-6-4-7-12-20)25-14-8-5-9-15-25;/h17H,4-16H2,1-3H3,(H,24,26)(H2,21,22,23);1H. The maximum Gasteiger partial charge on any atom is 0.221 e. The Morgan fingerprint density at radius 3 is 2.26 bits per heavy atom. The van der Waals surface area contributed by atoms with Gasteiger partial charge in [-0.15, -0.1) is 24.0 Å². The molecule has 1 amide bonds. The Kier molecular flexibility index (Phi) is 11.6. The number of carbonyl (C=O) groups excluding carboxylic acids is 1. The number of rotatable bonds is 7. The molecule has 3 N–H and O–H groups in total. The highest BCUT2D eigenvalue weighted by Crippen LogP contribution is 2.35. The highest BCUT2D eigenvalue weighted by atomic mass is 127. The fourth-order valence-electron chi connectivity index (χ4n) is 4.34. The molecule has 0 aromatic heterocycles. The molecule has 27 heavy (non-hydrogen) atoms. The topological polar surface area (TPSA) is 68.8 Å². The van der Waals surface area contributed by atoms with E-state index in [2.05, 4.69) is 25.8 Å². The van der Waals surface area contributed by atoms with Crippen molar-refractivity contribution in [3.63, 3.8) is 0 Å². The molecule has 2 rings (SSSR count).